The smallest absolute Gasteiger partial charge is 0.338 e. The summed E-state index contributed by atoms with van der Waals surface area (Å²) in [6, 6.07) is 11.0. The van der Waals surface area contributed by atoms with Crippen molar-refractivity contribution in [3.05, 3.63) is 59.7 Å². The Hall–Kier alpha value is -3.02. The molecule has 1 aromatic carbocycles. The van der Waals surface area contributed by atoms with Crippen LogP contribution in [0, 0.1) is 0 Å². The number of anilines is 1. The van der Waals surface area contributed by atoms with Crippen LogP contribution < -0.4 is 5.32 Å². The van der Waals surface area contributed by atoms with E-state index >= 15 is 0 Å². The van der Waals surface area contributed by atoms with E-state index in [1.807, 2.05) is 41.8 Å². The summed E-state index contributed by atoms with van der Waals surface area (Å²) in [5, 5.41) is 3.20. The van der Waals surface area contributed by atoms with Gasteiger partial charge in [-0.05, 0) is 31.2 Å². The molecule has 3 heterocycles. The van der Waals surface area contributed by atoms with Gasteiger partial charge < -0.3 is 14.5 Å². The molecule has 3 aromatic rings. The minimum absolute atomic E-state index is 0.389. The van der Waals surface area contributed by atoms with Gasteiger partial charge in [-0.3, -0.25) is 4.57 Å². The summed E-state index contributed by atoms with van der Waals surface area (Å²) in [5.41, 5.74) is 3.00. The number of carbonyl (C=O) groups is 1. The van der Waals surface area contributed by atoms with E-state index in [9.17, 15) is 4.79 Å². The number of benzene rings is 1. The summed E-state index contributed by atoms with van der Waals surface area (Å²) in [7, 11) is 1.38. The number of hydrogen-bond acceptors (Lipinski definition) is 5. The number of ether oxygens (including phenoxy) is 1. The summed E-state index contributed by atoms with van der Waals surface area (Å²) in [5.74, 6) is 0.952. The highest BCUT2D eigenvalue weighted by atomic mass is 16.5. The van der Waals surface area contributed by atoms with E-state index in [-0.39, 0.29) is 5.97 Å². The van der Waals surface area contributed by atoms with E-state index in [0.717, 1.165) is 11.0 Å². The molecule has 0 amide bonds. The quantitative estimate of drug-likeness (QED) is 0.737. The van der Waals surface area contributed by atoms with Crippen molar-refractivity contribution in [3.63, 3.8) is 0 Å². The van der Waals surface area contributed by atoms with E-state index in [1.165, 1.54) is 7.11 Å². The second-order valence-corrected chi connectivity index (χ2v) is 5.37. The zero-order chi connectivity index (χ0) is 16.0. The summed E-state index contributed by atoms with van der Waals surface area (Å²) in [4.78, 5) is 17.0. The topological polar surface area (TPSA) is 69.3 Å². The number of carbonyl (C=O) groups excluding carboxylic acids is 1. The van der Waals surface area contributed by atoms with E-state index in [0.29, 0.717) is 23.0 Å². The van der Waals surface area contributed by atoms with Gasteiger partial charge in [0.2, 0.25) is 5.95 Å². The van der Waals surface area contributed by atoms with Gasteiger partial charge in [-0.2, -0.15) is 0 Å². The molecule has 0 fully saturated rings. The molecule has 0 saturated carbocycles. The lowest BCUT2D eigenvalue weighted by Gasteiger charge is -2.28. The molecule has 23 heavy (non-hydrogen) atoms. The Morgan fingerprint density at radius 1 is 1.30 bits per heavy atom. The van der Waals surface area contributed by atoms with Crippen molar-refractivity contribution in [1.29, 1.82) is 0 Å². The highest BCUT2D eigenvalue weighted by molar-refractivity contribution is 5.93. The number of fused-ring (bicyclic) bond motifs is 3. The number of methoxy groups -OCH3 is 1. The number of aromatic nitrogens is 2. The van der Waals surface area contributed by atoms with Crippen LogP contribution in [0.1, 0.15) is 18.7 Å². The maximum absolute atomic E-state index is 12.4. The predicted molar refractivity (Wildman–Crippen MR) is 84.9 cm³/mol. The van der Waals surface area contributed by atoms with Gasteiger partial charge >= 0.3 is 5.97 Å². The molecular weight excluding hydrogens is 294 g/mol. The first kappa shape index (κ1) is 13.6. The monoisotopic (exact) mass is 309 g/mol. The Labute approximate surface area is 132 Å². The van der Waals surface area contributed by atoms with Gasteiger partial charge in [0, 0.05) is 5.70 Å². The number of rotatable bonds is 2. The molecule has 1 atom stereocenters. The third-order valence-electron chi connectivity index (χ3n) is 4.05. The molecule has 0 unspecified atom stereocenters. The van der Waals surface area contributed by atoms with Crippen LogP contribution in [-0.2, 0) is 9.53 Å². The first-order chi connectivity index (χ1) is 11.2. The van der Waals surface area contributed by atoms with Crippen molar-refractivity contribution in [3.8, 4) is 0 Å². The van der Waals surface area contributed by atoms with Crippen LogP contribution in [0.25, 0.3) is 11.0 Å². The number of hydrogen-bond donors (Lipinski definition) is 1. The molecule has 0 aliphatic carbocycles. The second kappa shape index (κ2) is 5.01. The first-order valence-electron chi connectivity index (χ1n) is 7.27. The molecule has 0 bridgehead atoms. The average molecular weight is 309 g/mol. The molecule has 1 aliphatic rings. The van der Waals surface area contributed by atoms with Gasteiger partial charge in [0.25, 0.3) is 0 Å². The normalized spacial score (nSPS) is 17.0. The number of para-hydroxylation sites is 2. The zero-order valence-corrected chi connectivity index (χ0v) is 12.7. The predicted octanol–water partition coefficient (Wildman–Crippen LogP) is 3.09. The largest absolute Gasteiger partial charge is 0.467 e. The van der Waals surface area contributed by atoms with Crippen molar-refractivity contribution in [2.75, 3.05) is 12.4 Å². The SMILES string of the molecule is COC(=O)C1=C(C)Nc2nc3ccccc3n2[C@@H]1c1ccco1. The van der Waals surface area contributed by atoms with Crippen LogP contribution in [0.15, 0.2) is 58.3 Å². The number of furan rings is 1. The molecule has 1 aliphatic heterocycles. The Kier molecular flexibility index (Phi) is 2.97. The van der Waals surface area contributed by atoms with Crippen LogP contribution in [0.3, 0.4) is 0 Å². The van der Waals surface area contributed by atoms with Crippen LogP contribution in [-0.4, -0.2) is 22.6 Å². The Balaban J connectivity index is 2.02. The van der Waals surface area contributed by atoms with E-state index in [4.69, 9.17) is 9.15 Å². The van der Waals surface area contributed by atoms with Crippen molar-refractivity contribution < 1.29 is 13.9 Å². The van der Waals surface area contributed by atoms with Crippen molar-refractivity contribution in [2.24, 2.45) is 0 Å². The van der Waals surface area contributed by atoms with Gasteiger partial charge in [0.15, 0.2) is 0 Å². The number of imidazole rings is 1. The molecule has 1 N–H and O–H groups in total. The van der Waals surface area contributed by atoms with Crippen LogP contribution in [0.4, 0.5) is 5.95 Å². The molecule has 6 heteroatoms. The van der Waals surface area contributed by atoms with Gasteiger partial charge in [-0.15, -0.1) is 0 Å². The van der Waals surface area contributed by atoms with Crippen LogP contribution >= 0.6 is 0 Å². The van der Waals surface area contributed by atoms with Crippen LogP contribution in [0.2, 0.25) is 0 Å². The fraction of sp³-hybridized carbons (Fsp3) is 0.176. The van der Waals surface area contributed by atoms with Crippen molar-refractivity contribution >= 4 is 23.0 Å². The molecular formula is C17H15N3O3. The van der Waals surface area contributed by atoms with Crippen molar-refractivity contribution in [1.82, 2.24) is 9.55 Å². The second-order valence-electron chi connectivity index (χ2n) is 5.37. The third-order valence-corrected chi connectivity index (χ3v) is 4.05. The number of nitrogens with zero attached hydrogens (tertiary/aromatic N) is 2. The fourth-order valence-electron chi connectivity index (χ4n) is 3.05. The Morgan fingerprint density at radius 3 is 2.87 bits per heavy atom. The fourth-order valence-corrected chi connectivity index (χ4v) is 3.05. The molecule has 6 nitrogen and oxygen atoms in total. The van der Waals surface area contributed by atoms with Gasteiger partial charge in [0.05, 0.1) is 30.0 Å². The molecule has 0 radical (unpaired) electrons. The minimum Gasteiger partial charge on any atom is -0.467 e. The molecule has 0 saturated heterocycles. The average Bonchev–Trinajstić information content (AvgIpc) is 3.20. The Morgan fingerprint density at radius 2 is 2.13 bits per heavy atom. The third kappa shape index (κ3) is 1.95. The highest BCUT2D eigenvalue weighted by Gasteiger charge is 2.36. The molecule has 116 valence electrons. The van der Waals surface area contributed by atoms with Crippen LogP contribution in [0.5, 0.6) is 0 Å². The molecule has 2 aromatic heterocycles. The van der Waals surface area contributed by atoms with E-state index < -0.39 is 6.04 Å². The van der Waals surface area contributed by atoms with Gasteiger partial charge in [0.1, 0.15) is 11.8 Å². The van der Waals surface area contributed by atoms with Crippen molar-refractivity contribution in [2.45, 2.75) is 13.0 Å². The summed E-state index contributed by atoms with van der Waals surface area (Å²) >= 11 is 0. The molecule has 0 spiro atoms. The lowest BCUT2D eigenvalue weighted by molar-refractivity contribution is -0.136. The highest BCUT2D eigenvalue weighted by Crippen LogP contribution is 2.39. The first-order valence-corrected chi connectivity index (χ1v) is 7.27. The Bertz CT molecular complexity index is 922. The summed E-state index contributed by atoms with van der Waals surface area (Å²) in [6.45, 7) is 1.84. The maximum atomic E-state index is 12.4. The zero-order valence-electron chi connectivity index (χ0n) is 12.7. The standard InChI is InChI=1S/C17H15N3O3/c1-10-14(16(21)22-2)15(13-8-5-9-23-13)20-12-7-4-3-6-11(12)19-17(20)18-10/h3-9,15H,1-2H3,(H,18,19)/t15-/m1/s1. The number of allylic oxidation sites excluding steroid dienone is 1. The van der Waals surface area contributed by atoms with E-state index in [1.54, 1.807) is 12.3 Å². The number of nitrogens with one attached hydrogen (secondary N) is 1. The molecule has 4 rings (SSSR count). The lowest BCUT2D eigenvalue weighted by Crippen LogP contribution is -2.28. The summed E-state index contributed by atoms with van der Waals surface area (Å²) < 4.78 is 12.5. The number of esters is 1. The van der Waals surface area contributed by atoms with Gasteiger partial charge in [-0.1, -0.05) is 12.1 Å². The lowest BCUT2D eigenvalue weighted by atomic mass is 10.0. The van der Waals surface area contributed by atoms with E-state index in [2.05, 4.69) is 10.3 Å². The summed E-state index contributed by atoms with van der Waals surface area (Å²) in [6.07, 6.45) is 1.60. The minimum atomic E-state index is -0.416. The van der Waals surface area contributed by atoms with Gasteiger partial charge in [-0.25, -0.2) is 9.78 Å². The maximum Gasteiger partial charge on any atom is 0.338 e.